The van der Waals surface area contributed by atoms with E-state index in [1.807, 2.05) is 0 Å². The summed E-state index contributed by atoms with van der Waals surface area (Å²) in [4.78, 5) is 10.5. The van der Waals surface area contributed by atoms with E-state index >= 15 is 0 Å². The van der Waals surface area contributed by atoms with Crippen LogP contribution < -0.4 is 11.1 Å². The first-order chi connectivity index (χ1) is 5.07. The summed E-state index contributed by atoms with van der Waals surface area (Å²) in [5.41, 5.74) is 3.73. The molecule has 1 aliphatic heterocycles. The number of aliphatic carboxylic acids is 1. The van der Waals surface area contributed by atoms with Gasteiger partial charge in [0.1, 0.15) is 0 Å². The van der Waals surface area contributed by atoms with Crippen LogP contribution in [-0.2, 0) is 4.79 Å². The number of hydrogen-bond donors (Lipinski definition) is 3. The molecule has 0 aromatic heterocycles. The Morgan fingerprint density at radius 1 is 1.82 bits per heavy atom. The van der Waals surface area contributed by atoms with Crippen LogP contribution in [0.3, 0.4) is 0 Å². The third-order valence-electron chi connectivity index (χ3n) is 1.36. The largest absolute Gasteiger partial charge is 0.478 e. The zero-order valence-electron chi connectivity index (χ0n) is 5.54. The second-order valence-electron chi connectivity index (χ2n) is 2.13. The van der Waals surface area contributed by atoms with Crippen molar-refractivity contribution in [2.75, 3.05) is 0 Å². The molecule has 1 aliphatic rings. The van der Waals surface area contributed by atoms with Crippen molar-refractivity contribution in [3.05, 3.63) is 23.4 Å². The molecule has 0 bridgehead atoms. The van der Waals surface area contributed by atoms with Gasteiger partial charge in [0.25, 0.3) is 0 Å². The predicted molar refractivity (Wildman–Crippen MR) is 40.8 cm³/mol. The van der Waals surface area contributed by atoms with Crippen LogP contribution in [0.5, 0.6) is 0 Å². The van der Waals surface area contributed by atoms with Gasteiger partial charge in [0.2, 0.25) is 5.66 Å². The Morgan fingerprint density at radius 3 is 2.82 bits per heavy atom. The number of carboxylic acid groups (broad SMARTS) is 1. The van der Waals surface area contributed by atoms with Gasteiger partial charge in [-0.1, -0.05) is 11.6 Å². The standard InChI is InChI=1S/C6H7ClN2O2/c7-4-2-1-3-9-6(4,8)5(10)11/h1-3,9H,8H2,(H,10,11). The molecule has 1 rings (SSSR count). The van der Waals surface area contributed by atoms with Gasteiger partial charge in [0.15, 0.2) is 0 Å². The van der Waals surface area contributed by atoms with Crippen LogP contribution in [-0.4, -0.2) is 16.7 Å². The van der Waals surface area contributed by atoms with Crippen molar-refractivity contribution in [1.29, 1.82) is 0 Å². The summed E-state index contributed by atoms with van der Waals surface area (Å²) in [6.07, 6.45) is 4.45. The topological polar surface area (TPSA) is 75.4 Å². The molecule has 1 unspecified atom stereocenters. The van der Waals surface area contributed by atoms with Gasteiger partial charge in [-0.25, -0.2) is 4.79 Å². The van der Waals surface area contributed by atoms with Crippen molar-refractivity contribution < 1.29 is 9.90 Å². The fraction of sp³-hybridized carbons (Fsp3) is 0.167. The number of carboxylic acids is 1. The predicted octanol–water partition coefficient (Wildman–Crippen LogP) is -0.0344. The van der Waals surface area contributed by atoms with Gasteiger partial charge >= 0.3 is 5.97 Å². The van der Waals surface area contributed by atoms with Gasteiger partial charge in [-0.3, -0.25) is 5.73 Å². The smallest absolute Gasteiger partial charge is 0.350 e. The van der Waals surface area contributed by atoms with E-state index in [4.69, 9.17) is 22.4 Å². The van der Waals surface area contributed by atoms with Crippen LogP contribution in [0.2, 0.25) is 0 Å². The number of dihydropyridines is 1. The van der Waals surface area contributed by atoms with Gasteiger partial charge in [0, 0.05) is 0 Å². The van der Waals surface area contributed by atoms with E-state index in [2.05, 4.69) is 5.32 Å². The zero-order valence-corrected chi connectivity index (χ0v) is 6.30. The van der Waals surface area contributed by atoms with E-state index < -0.39 is 11.6 Å². The lowest BCUT2D eigenvalue weighted by molar-refractivity contribution is -0.142. The third-order valence-corrected chi connectivity index (χ3v) is 1.79. The Balaban J connectivity index is 2.97. The van der Waals surface area contributed by atoms with E-state index in [9.17, 15) is 4.79 Å². The van der Waals surface area contributed by atoms with E-state index in [0.29, 0.717) is 0 Å². The van der Waals surface area contributed by atoms with Crippen LogP contribution in [0.4, 0.5) is 0 Å². The minimum Gasteiger partial charge on any atom is -0.478 e. The summed E-state index contributed by atoms with van der Waals surface area (Å²) < 4.78 is 0. The highest BCUT2D eigenvalue weighted by Gasteiger charge is 2.37. The molecule has 0 aromatic carbocycles. The number of rotatable bonds is 1. The number of allylic oxidation sites excluding steroid dienone is 2. The van der Waals surface area contributed by atoms with Crippen molar-refractivity contribution in [3.8, 4) is 0 Å². The van der Waals surface area contributed by atoms with Crippen molar-refractivity contribution in [2.45, 2.75) is 5.66 Å². The molecule has 0 spiro atoms. The first kappa shape index (κ1) is 8.10. The average Bonchev–Trinajstić information content (AvgIpc) is 1.95. The summed E-state index contributed by atoms with van der Waals surface area (Å²) in [5.74, 6) is -1.21. The highest BCUT2D eigenvalue weighted by molar-refractivity contribution is 6.32. The average molecular weight is 175 g/mol. The lowest BCUT2D eigenvalue weighted by Gasteiger charge is -2.26. The Labute approximate surface area is 68.3 Å². The molecule has 5 heteroatoms. The van der Waals surface area contributed by atoms with Crippen LogP contribution in [0.1, 0.15) is 0 Å². The normalized spacial score (nSPS) is 29.1. The highest BCUT2D eigenvalue weighted by Crippen LogP contribution is 2.18. The molecule has 1 atom stereocenters. The Hall–Kier alpha value is -1.00. The highest BCUT2D eigenvalue weighted by atomic mass is 35.5. The van der Waals surface area contributed by atoms with Crippen LogP contribution in [0.15, 0.2) is 23.4 Å². The second kappa shape index (κ2) is 2.56. The van der Waals surface area contributed by atoms with E-state index in [1.54, 1.807) is 6.08 Å². The molecule has 60 valence electrons. The molecule has 11 heavy (non-hydrogen) atoms. The molecule has 1 heterocycles. The van der Waals surface area contributed by atoms with E-state index in [1.165, 1.54) is 12.3 Å². The lowest BCUT2D eigenvalue weighted by atomic mass is 10.1. The molecule has 0 amide bonds. The maximum absolute atomic E-state index is 10.5. The van der Waals surface area contributed by atoms with Gasteiger partial charge in [0.05, 0.1) is 5.03 Å². The molecular weight excluding hydrogens is 168 g/mol. The van der Waals surface area contributed by atoms with Crippen LogP contribution in [0, 0.1) is 0 Å². The van der Waals surface area contributed by atoms with E-state index in [0.717, 1.165) is 0 Å². The Kier molecular flexibility index (Phi) is 1.89. The number of nitrogens with one attached hydrogen (secondary N) is 1. The summed E-state index contributed by atoms with van der Waals surface area (Å²) >= 11 is 5.56. The summed E-state index contributed by atoms with van der Waals surface area (Å²) in [6, 6.07) is 0. The molecule has 0 aromatic rings. The number of hydrogen-bond acceptors (Lipinski definition) is 3. The summed E-state index contributed by atoms with van der Waals surface area (Å²) in [6.45, 7) is 0. The molecule has 0 fully saturated rings. The van der Waals surface area contributed by atoms with Gasteiger partial charge in [-0.15, -0.1) is 0 Å². The molecule has 0 aliphatic carbocycles. The SMILES string of the molecule is NC1(C(=O)O)NC=CC=C1Cl. The lowest BCUT2D eigenvalue weighted by Crippen LogP contribution is -2.58. The van der Waals surface area contributed by atoms with E-state index in [-0.39, 0.29) is 5.03 Å². The summed E-state index contributed by atoms with van der Waals surface area (Å²) in [7, 11) is 0. The van der Waals surface area contributed by atoms with Gasteiger partial charge in [-0.2, -0.15) is 0 Å². The van der Waals surface area contributed by atoms with Gasteiger partial charge < -0.3 is 10.4 Å². The molecular formula is C6H7ClN2O2. The summed E-state index contributed by atoms with van der Waals surface area (Å²) in [5, 5.41) is 11.1. The second-order valence-corrected chi connectivity index (χ2v) is 2.54. The number of carbonyl (C=O) groups is 1. The molecule has 4 N–H and O–H groups in total. The first-order valence-electron chi connectivity index (χ1n) is 2.90. The molecule has 0 saturated carbocycles. The minimum absolute atomic E-state index is 0.0625. The third kappa shape index (κ3) is 1.22. The first-order valence-corrected chi connectivity index (χ1v) is 3.28. The maximum Gasteiger partial charge on any atom is 0.350 e. The Morgan fingerprint density at radius 2 is 2.45 bits per heavy atom. The number of nitrogens with two attached hydrogens (primary N) is 1. The van der Waals surface area contributed by atoms with Crippen LogP contribution >= 0.6 is 11.6 Å². The van der Waals surface area contributed by atoms with Crippen molar-refractivity contribution in [1.82, 2.24) is 5.32 Å². The number of halogens is 1. The minimum atomic E-state index is -1.66. The zero-order chi connectivity index (χ0) is 8.48. The quantitative estimate of drug-likeness (QED) is 0.522. The van der Waals surface area contributed by atoms with Crippen molar-refractivity contribution >= 4 is 17.6 Å². The monoisotopic (exact) mass is 174 g/mol. The fourth-order valence-corrected chi connectivity index (χ4v) is 0.885. The molecule has 0 saturated heterocycles. The van der Waals surface area contributed by atoms with Crippen molar-refractivity contribution in [2.24, 2.45) is 5.73 Å². The van der Waals surface area contributed by atoms with Gasteiger partial charge in [-0.05, 0) is 18.4 Å². The maximum atomic E-state index is 10.5. The molecule has 0 radical (unpaired) electrons. The Bertz CT molecular complexity index is 249. The van der Waals surface area contributed by atoms with Crippen LogP contribution in [0.25, 0.3) is 0 Å². The molecule has 4 nitrogen and oxygen atoms in total. The fourth-order valence-electron chi connectivity index (χ4n) is 0.676. The van der Waals surface area contributed by atoms with Crippen molar-refractivity contribution in [3.63, 3.8) is 0 Å².